The summed E-state index contributed by atoms with van der Waals surface area (Å²) in [7, 11) is 0. The van der Waals surface area contributed by atoms with Crippen molar-refractivity contribution in [1.29, 1.82) is 0 Å². The fourth-order valence-corrected chi connectivity index (χ4v) is 2.58. The Balaban J connectivity index is 2.06. The van der Waals surface area contributed by atoms with Crippen LogP contribution in [0.5, 0.6) is 0 Å². The zero-order chi connectivity index (χ0) is 21.3. The van der Waals surface area contributed by atoms with Gasteiger partial charge in [-0.05, 0) is 38.3 Å². The number of ether oxygens (including phenoxy) is 1. The smallest absolute Gasteiger partial charge is 0.407 e. The van der Waals surface area contributed by atoms with Gasteiger partial charge in [0.2, 0.25) is 0 Å². The predicted octanol–water partition coefficient (Wildman–Crippen LogP) is 3.07. The van der Waals surface area contributed by atoms with Crippen LogP contribution in [0.1, 0.15) is 68.7 Å². The van der Waals surface area contributed by atoms with Crippen LogP contribution in [-0.4, -0.2) is 40.6 Å². The van der Waals surface area contributed by atoms with E-state index in [2.05, 4.69) is 5.32 Å². The molecule has 1 aromatic rings. The van der Waals surface area contributed by atoms with Crippen molar-refractivity contribution in [2.24, 2.45) is 5.41 Å². The minimum atomic E-state index is -0.814. The largest absolute Gasteiger partial charge is 0.444 e. The Morgan fingerprint density at radius 2 is 1.50 bits per heavy atom. The molecule has 0 aromatic heterocycles. The van der Waals surface area contributed by atoms with Crippen molar-refractivity contribution in [3.63, 3.8) is 0 Å². The van der Waals surface area contributed by atoms with Crippen molar-refractivity contribution in [1.82, 2.24) is 10.4 Å². The molecule has 0 unspecified atom stereocenters. The van der Waals surface area contributed by atoms with E-state index in [-0.39, 0.29) is 17.5 Å². The van der Waals surface area contributed by atoms with Crippen molar-refractivity contribution in [2.45, 2.75) is 59.6 Å². The van der Waals surface area contributed by atoms with Gasteiger partial charge < -0.3 is 14.9 Å². The Morgan fingerprint density at radius 3 is 1.93 bits per heavy atom. The lowest BCUT2D eigenvalue weighted by molar-refractivity contribution is -0.169. The lowest BCUT2D eigenvalue weighted by Gasteiger charge is -2.32. The van der Waals surface area contributed by atoms with Gasteiger partial charge in [0.1, 0.15) is 5.60 Å². The summed E-state index contributed by atoms with van der Waals surface area (Å²) in [5.41, 5.74) is -0.829. The average Bonchev–Trinajstić information content (AvgIpc) is 2.77. The summed E-state index contributed by atoms with van der Waals surface area (Å²) in [6.07, 6.45) is -0.906. The molecular formula is C20H26N2O6. The van der Waals surface area contributed by atoms with Crippen LogP contribution in [0.25, 0.3) is 0 Å². The van der Waals surface area contributed by atoms with E-state index in [1.165, 1.54) is 12.1 Å². The quantitative estimate of drug-likeness (QED) is 0.793. The van der Waals surface area contributed by atoms with Crippen LogP contribution >= 0.6 is 0 Å². The number of carbonyl (C=O) groups is 4. The molecule has 0 aliphatic carbocycles. The van der Waals surface area contributed by atoms with Gasteiger partial charge in [0.15, 0.2) is 0 Å². The first kappa shape index (κ1) is 21.4. The van der Waals surface area contributed by atoms with Crippen LogP contribution in [-0.2, 0) is 14.4 Å². The minimum Gasteiger partial charge on any atom is -0.444 e. The Bertz CT molecular complexity index is 769. The third-order valence-corrected chi connectivity index (χ3v) is 4.06. The number of imide groups is 1. The molecule has 0 spiro atoms. The molecule has 1 heterocycles. The maximum Gasteiger partial charge on any atom is 0.407 e. The Hall–Kier alpha value is -2.90. The number of hydroxylamine groups is 2. The van der Waals surface area contributed by atoms with Gasteiger partial charge in [-0.2, -0.15) is 0 Å². The van der Waals surface area contributed by atoms with E-state index in [1.807, 2.05) is 20.8 Å². The number of fused-ring (bicyclic) bond motifs is 1. The summed E-state index contributed by atoms with van der Waals surface area (Å²) >= 11 is 0. The summed E-state index contributed by atoms with van der Waals surface area (Å²) < 4.78 is 5.23. The molecule has 1 aromatic carbocycles. The van der Waals surface area contributed by atoms with Crippen LogP contribution in [0, 0.1) is 5.41 Å². The lowest BCUT2D eigenvalue weighted by atomic mass is 9.85. The highest BCUT2D eigenvalue weighted by Crippen LogP contribution is 2.25. The monoisotopic (exact) mass is 390 g/mol. The minimum absolute atomic E-state index is 0.180. The molecule has 1 aliphatic rings. The second-order valence-electron chi connectivity index (χ2n) is 8.68. The second-order valence-corrected chi connectivity index (χ2v) is 8.68. The van der Waals surface area contributed by atoms with E-state index in [4.69, 9.17) is 9.57 Å². The molecule has 0 saturated heterocycles. The molecule has 28 heavy (non-hydrogen) atoms. The Morgan fingerprint density at radius 1 is 1.00 bits per heavy atom. The third kappa shape index (κ3) is 5.09. The summed E-state index contributed by atoms with van der Waals surface area (Å²) in [5, 5.41) is 3.12. The van der Waals surface area contributed by atoms with E-state index in [1.54, 1.807) is 32.9 Å². The maximum atomic E-state index is 12.4. The molecule has 1 N–H and O–H groups in total. The van der Waals surface area contributed by atoms with Crippen LogP contribution in [0.4, 0.5) is 4.79 Å². The first-order valence-corrected chi connectivity index (χ1v) is 8.98. The van der Waals surface area contributed by atoms with Crippen molar-refractivity contribution in [3.05, 3.63) is 35.4 Å². The van der Waals surface area contributed by atoms with Gasteiger partial charge >= 0.3 is 12.1 Å². The molecule has 0 fully saturated rings. The lowest BCUT2D eigenvalue weighted by Crippen LogP contribution is -2.47. The summed E-state index contributed by atoms with van der Waals surface area (Å²) in [6, 6.07) is 5.59. The van der Waals surface area contributed by atoms with Crippen LogP contribution in [0.2, 0.25) is 0 Å². The highest BCUT2D eigenvalue weighted by atomic mass is 16.7. The van der Waals surface area contributed by atoms with Gasteiger partial charge in [-0.25, -0.2) is 9.59 Å². The van der Waals surface area contributed by atoms with E-state index < -0.39 is 40.9 Å². The Labute approximate surface area is 164 Å². The number of alkyl carbamates (subject to hydrolysis) is 1. The molecule has 0 radical (unpaired) electrons. The van der Waals surface area contributed by atoms with Crippen molar-refractivity contribution in [2.75, 3.05) is 0 Å². The fraction of sp³-hybridized carbons (Fsp3) is 0.500. The predicted molar refractivity (Wildman–Crippen MR) is 100 cm³/mol. The summed E-state index contributed by atoms with van der Waals surface area (Å²) in [6.45, 7) is 10.7. The zero-order valence-corrected chi connectivity index (χ0v) is 17.0. The molecule has 152 valence electrons. The van der Waals surface area contributed by atoms with Gasteiger partial charge in [-0.15, -0.1) is 0 Å². The number of hydrogen-bond acceptors (Lipinski definition) is 6. The molecule has 0 saturated carbocycles. The van der Waals surface area contributed by atoms with E-state index in [0.717, 1.165) is 0 Å². The molecule has 1 atom stereocenters. The van der Waals surface area contributed by atoms with Gasteiger partial charge in [-0.1, -0.05) is 38.0 Å². The molecule has 8 heteroatoms. The average molecular weight is 390 g/mol. The van der Waals surface area contributed by atoms with E-state index >= 15 is 0 Å². The highest BCUT2D eigenvalue weighted by molar-refractivity contribution is 6.20. The molecule has 8 nitrogen and oxygen atoms in total. The number of nitrogens with one attached hydrogen (secondary N) is 1. The number of benzene rings is 1. The molecule has 1 aliphatic heterocycles. The molecular weight excluding hydrogens is 364 g/mol. The number of carbonyl (C=O) groups excluding carboxylic acids is 4. The standard InChI is InChI=1S/C20H26N2O6/c1-19(2,3)14(21-18(26)27-20(4,5)6)11-15(23)28-22-16(24)12-9-7-8-10-13(12)17(22)25/h7-10,14H,11H2,1-6H3,(H,21,26)/t14-/m1/s1. The van der Waals surface area contributed by atoms with Gasteiger partial charge in [-0.3, -0.25) is 9.59 Å². The zero-order valence-electron chi connectivity index (χ0n) is 17.0. The number of amides is 3. The first-order chi connectivity index (χ1) is 12.8. The van der Waals surface area contributed by atoms with E-state index in [9.17, 15) is 19.2 Å². The molecule has 2 rings (SSSR count). The van der Waals surface area contributed by atoms with Crippen molar-refractivity contribution in [3.8, 4) is 0 Å². The topological polar surface area (TPSA) is 102 Å². The van der Waals surface area contributed by atoms with Crippen molar-refractivity contribution >= 4 is 23.9 Å². The van der Waals surface area contributed by atoms with Gasteiger partial charge in [0.05, 0.1) is 17.5 Å². The second kappa shape index (κ2) is 7.61. The Kier molecular flexibility index (Phi) is 5.82. The third-order valence-electron chi connectivity index (χ3n) is 4.06. The summed E-state index contributed by atoms with van der Waals surface area (Å²) in [4.78, 5) is 54.1. The molecule has 3 amide bonds. The van der Waals surface area contributed by atoms with Gasteiger partial charge in [0.25, 0.3) is 11.8 Å². The van der Waals surface area contributed by atoms with Crippen molar-refractivity contribution < 1.29 is 28.8 Å². The fourth-order valence-electron chi connectivity index (χ4n) is 2.58. The first-order valence-electron chi connectivity index (χ1n) is 8.98. The molecule has 0 bridgehead atoms. The number of rotatable bonds is 4. The van der Waals surface area contributed by atoms with Gasteiger partial charge in [0, 0.05) is 6.04 Å². The van der Waals surface area contributed by atoms with Crippen LogP contribution in [0.3, 0.4) is 0 Å². The SMILES string of the molecule is CC(C)(C)OC(=O)N[C@H](CC(=O)ON1C(=O)c2ccccc2C1=O)C(C)(C)C. The summed E-state index contributed by atoms with van der Waals surface area (Å²) in [5.74, 6) is -2.20. The highest BCUT2D eigenvalue weighted by Gasteiger charge is 2.39. The normalized spacial score (nSPS) is 15.1. The maximum absolute atomic E-state index is 12.4. The number of hydrogen-bond donors (Lipinski definition) is 1. The van der Waals surface area contributed by atoms with Crippen LogP contribution < -0.4 is 5.32 Å². The van der Waals surface area contributed by atoms with Crippen LogP contribution in [0.15, 0.2) is 24.3 Å². The van der Waals surface area contributed by atoms with E-state index in [0.29, 0.717) is 5.06 Å². The number of nitrogens with zero attached hydrogens (tertiary/aromatic N) is 1.